The standard InChI is InChI=1S/C19H32N2O2/c1-8-12-20-17-13-16(11-10-14(17)3)15(4)21(9-2)18(22)23-19(5,6)7/h10-11,13,15,20H,8-9,12H2,1-7H3. The van der Waals surface area contributed by atoms with E-state index >= 15 is 0 Å². The van der Waals surface area contributed by atoms with Gasteiger partial charge in [-0.25, -0.2) is 4.79 Å². The SMILES string of the molecule is CCCNc1cc(C(C)N(CC)C(=O)OC(C)(C)C)ccc1C. The topological polar surface area (TPSA) is 41.6 Å². The molecule has 0 aromatic heterocycles. The highest BCUT2D eigenvalue weighted by atomic mass is 16.6. The van der Waals surface area contributed by atoms with Gasteiger partial charge in [-0.2, -0.15) is 0 Å². The minimum absolute atomic E-state index is 0.0300. The van der Waals surface area contributed by atoms with Gasteiger partial charge in [0.2, 0.25) is 0 Å². The van der Waals surface area contributed by atoms with E-state index in [2.05, 4.69) is 37.4 Å². The van der Waals surface area contributed by atoms with Gasteiger partial charge in [-0.1, -0.05) is 19.1 Å². The molecular formula is C19H32N2O2. The number of amides is 1. The number of hydrogen-bond acceptors (Lipinski definition) is 3. The third-order valence-electron chi connectivity index (χ3n) is 3.75. The van der Waals surface area contributed by atoms with Crippen LogP contribution in [0.3, 0.4) is 0 Å². The molecule has 1 aromatic rings. The summed E-state index contributed by atoms with van der Waals surface area (Å²) in [7, 11) is 0. The number of nitrogens with one attached hydrogen (secondary N) is 1. The number of benzene rings is 1. The molecule has 0 heterocycles. The van der Waals surface area contributed by atoms with Crippen molar-refractivity contribution in [3.05, 3.63) is 29.3 Å². The second kappa shape index (κ2) is 8.23. The molecule has 23 heavy (non-hydrogen) atoms. The van der Waals surface area contributed by atoms with E-state index in [0.29, 0.717) is 6.54 Å². The lowest BCUT2D eigenvalue weighted by molar-refractivity contribution is 0.0186. The monoisotopic (exact) mass is 320 g/mol. The van der Waals surface area contributed by atoms with Gasteiger partial charge in [-0.3, -0.25) is 0 Å². The summed E-state index contributed by atoms with van der Waals surface area (Å²) in [5.41, 5.74) is 2.98. The molecule has 0 aliphatic heterocycles. The normalized spacial score (nSPS) is 12.7. The van der Waals surface area contributed by atoms with Crippen molar-refractivity contribution in [3.8, 4) is 0 Å². The van der Waals surface area contributed by atoms with Gasteiger partial charge in [0.15, 0.2) is 0 Å². The quantitative estimate of drug-likeness (QED) is 0.789. The molecule has 4 heteroatoms. The Morgan fingerprint density at radius 1 is 1.30 bits per heavy atom. The molecule has 1 atom stereocenters. The Balaban J connectivity index is 2.96. The van der Waals surface area contributed by atoms with Crippen LogP contribution in [0, 0.1) is 6.92 Å². The maximum absolute atomic E-state index is 12.4. The fraction of sp³-hybridized carbons (Fsp3) is 0.632. The van der Waals surface area contributed by atoms with E-state index in [-0.39, 0.29) is 12.1 Å². The predicted molar refractivity (Wildman–Crippen MR) is 97.0 cm³/mol. The molecule has 0 saturated heterocycles. The lowest BCUT2D eigenvalue weighted by Gasteiger charge is -2.31. The molecule has 1 rings (SSSR count). The van der Waals surface area contributed by atoms with Crippen molar-refractivity contribution < 1.29 is 9.53 Å². The van der Waals surface area contributed by atoms with Crippen LogP contribution in [0.1, 0.15) is 65.1 Å². The zero-order chi connectivity index (χ0) is 17.6. The van der Waals surface area contributed by atoms with Gasteiger partial charge in [0.05, 0.1) is 6.04 Å². The summed E-state index contributed by atoms with van der Waals surface area (Å²) in [6.07, 6.45) is 0.814. The summed E-state index contributed by atoms with van der Waals surface area (Å²) in [4.78, 5) is 14.2. The molecular weight excluding hydrogens is 288 g/mol. The average Bonchev–Trinajstić information content (AvgIpc) is 2.45. The van der Waals surface area contributed by atoms with E-state index in [0.717, 1.165) is 24.2 Å². The molecule has 1 amide bonds. The van der Waals surface area contributed by atoms with E-state index in [4.69, 9.17) is 4.74 Å². The van der Waals surface area contributed by atoms with Crippen LogP contribution in [0.25, 0.3) is 0 Å². The van der Waals surface area contributed by atoms with Crippen molar-refractivity contribution in [2.24, 2.45) is 0 Å². The maximum atomic E-state index is 12.4. The van der Waals surface area contributed by atoms with Crippen LogP contribution < -0.4 is 5.32 Å². The van der Waals surface area contributed by atoms with Crippen LogP contribution >= 0.6 is 0 Å². The van der Waals surface area contributed by atoms with Crippen molar-refractivity contribution >= 4 is 11.8 Å². The second-order valence-corrected chi connectivity index (χ2v) is 6.94. The Kier molecular flexibility index (Phi) is 6.92. The smallest absolute Gasteiger partial charge is 0.410 e. The number of hydrogen-bond donors (Lipinski definition) is 1. The number of ether oxygens (including phenoxy) is 1. The number of anilines is 1. The van der Waals surface area contributed by atoms with Gasteiger partial charge in [-0.05, 0) is 65.2 Å². The number of rotatable bonds is 6. The summed E-state index contributed by atoms with van der Waals surface area (Å²) in [5, 5.41) is 3.45. The van der Waals surface area contributed by atoms with Crippen LogP contribution in [0.4, 0.5) is 10.5 Å². The third kappa shape index (κ3) is 5.77. The molecule has 1 unspecified atom stereocenters. The second-order valence-electron chi connectivity index (χ2n) is 6.94. The first-order chi connectivity index (χ1) is 10.7. The van der Waals surface area contributed by atoms with E-state index in [1.165, 1.54) is 5.56 Å². The van der Waals surface area contributed by atoms with Gasteiger partial charge in [-0.15, -0.1) is 0 Å². The molecule has 130 valence electrons. The third-order valence-corrected chi connectivity index (χ3v) is 3.75. The highest BCUT2D eigenvalue weighted by Crippen LogP contribution is 2.26. The molecule has 1 N–H and O–H groups in total. The molecule has 4 nitrogen and oxygen atoms in total. The minimum Gasteiger partial charge on any atom is -0.444 e. The Labute approximate surface area is 141 Å². The molecule has 0 radical (unpaired) electrons. The maximum Gasteiger partial charge on any atom is 0.410 e. The summed E-state index contributed by atoms with van der Waals surface area (Å²) < 4.78 is 5.52. The fourth-order valence-corrected chi connectivity index (χ4v) is 2.41. The number of nitrogens with zero attached hydrogens (tertiary/aromatic N) is 1. The number of aryl methyl sites for hydroxylation is 1. The first-order valence-electron chi connectivity index (χ1n) is 8.53. The van der Waals surface area contributed by atoms with Gasteiger partial charge in [0.25, 0.3) is 0 Å². The van der Waals surface area contributed by atoms with Crippen molar-refractivity contribution in [1.29, 1.82) is 0 Å². The molecule has 0 spiro atoms. The zero-order valence-electron chi connectivity index (χ0n) is 15.7. The Bertz CT molecular complexity index is 521. The van der Waals surface area contributed by atoms with Crippen molar-refractivity contribution in [2.75, 3.05) is 18.4 Å². The molecule has 0 aliphatic rings. The van der Waals surface area contributed by atoms with Crippen LogP contribution in [-0.2, 0) is 4.74 Å². The largest absolute Gasteiger partial charge is 0.444 e. The van der Waals surface area contributed by atoms with Gasteiger partial charge in [0.1, 0.15) is 5.60 Å². The molecule has 0 saturated carbocycles. The predicted octanol–water partition coefficient (Wildman–Crippen LogP) is 5.13. The van der Waals surface area contributed by atoms with Crippen LogP contribution in [0.2, 0.25) is 0 Å². The van der Waals surface area contributed by atoms with Crippen LogP contribution in [0.5, 0.6) is 0 Å². The zero-order valence-corrected chi connectivity index (χ0v) is 15.7. The van der Waals surface area contributed by atoms with Crippen LogP contribution in [-0.4, -0.2) is 29.7 Å². The number of carbonyl (C=O) groups is 1. The van der Waals surface area contributed by atoms with Crippen molar-refractivity contribution in [1.82, 2.24) is 4.90 Å². The lowest BCUT2D eigenvalue weighted by Crippen LogP contribution is -2.38. The highest BCUT2D eigenvalue weighted by molar-refractivity contribution is 5.69. The van der Waals surface area contributed by atoms with Crippen LogP contribution in [0.15, 0.2) is 18.2 Å². The Hall–Kier alpha value is -1.71. The Morgan fingerprint density at radius 3 is 2.48 bits per heavy atom. The first-order valence-corrected chi connectivity index (χ1v) is 8.53. The van der Waals surface area contributed by atoms with E-state index in [1.807, 2.05) is 34.6 Å². The minimum atomic E-state index is -0.481. The van der Waals surface area contributed by atoms with E-state index in [1.54, 1.807) is 4.90 Å². The van der Waals surface area contributed by atoms with Crippen molar-refractivity contribution in [3.63, 3.8) is 0 Å². The average molecular weight is 320 g/mol. The molecule has 0 aliphatic carbocycles. The first kappa shape index (κ1) is 19.3. The molecule has 0 fully saturated rings. The Morgan fingerprint density at radius 2 is 1.96 bits per heavy atom. The van der Waals surface area contributed by atoms with E-state index in [9.17, 15) is 4.79 Å². The lowest BCUT2D eigenvalue weighted by atomic mass is 10.0. The highest BCUT2D eigenvalue weighted by Gasteiger charge is 2.25. The summed E-state index contributed by atoms with van der Waals surface area (Å²) >= 11 is 0. The van der Waals surface area contributed by atoms with Crippen molar-refractivity contribution in [2.45, 2.75) is 66.5 Å². The van der Waals surface area contributed by atoms with E-state index < -0.39 is 5.60 Å². The molecule has 0 bridgehead atoms. The van der Waals surface area contributed by atoms with Gasteiger partial charge < -0.3 is 15.0 Å². The summed E-state index contributed by atoms with van der Waals surface area (Å²) in [5.74, 6) is 0. The molecule has 1 aromatic carbocycles. The summed E-state index contributed by atoms with van der Waals surface area (Å²) in [6.45, 7) is 15.5. The summed E-state index contributed by atoms with van der Waals surface area (Å²) in [6, 6.07) is 6.30. The van der Waals surface area contributed by atoms with Gasteiger partial charge >= 0.3 is 6.09 Å². The number of carbonyl (C=O) groups excluding carboxylic acids is 1. The fourth-order valence-electron chi connectivity index (χ4n) is 2.41. The van der Waals surface area contributed by atoms with Gasteiger partial charge in [0, 0.05) is 18.8 Å².